The van der Waals surface area contributed by atoms with Gasteiger partial charge in [-0.2, -0.15) is 0 Å². The fraction of sp³-hybridized carbons (Fsp3) is 0.529. The molecule has 1 aromatic carbocycles. The summed E-state index contributed by atoms with van der Waals surface area (Å²) in [6.45, 7) is 5.37. The highest BCUT2D eigenvalue weighted by Crippen LogP contribution is 2.16. The lowest BCUT2D eigenvalue weighted by Crippen LogP contribution is -2.37. The number of ether oxygens (including phenoxy) is 2. The molecule has 6 heteroatoms. The van der Waals surface area contributed by atoms with Gasteiger partial charge in [-0.25, -0.2) is 0 Å². The van der Waals surface area contributed by atoms with E-state index in [-0.39, 0.29) is 19.4 Å². The van der Waals surface area contributed by atoms with Gasteiger partial charge in [-0.3, -0.25) is 9.59 Å². The van der Waals surface area contributed by atoms with Gasteiger partial charge in [0.05, 0.1) is 5.92 Å². The van der Waals surface area contributed by atoms with E-state index >= 15 is 0 Å². The van der Waals surface area contributed by atoms with Crippen LogP contribution in [0.5, 0.6) is 0 Å². The van der Waals surface area contributed by atoms with Crippen LogP contribution in [0.15, 0.2) is 30.3 Å². The van der Waals surface area contributed by atoms with Crippen LogP contribution in [-0.4, -0.2) is 28.9 Å². The van der Waals surface area contributed by atoms with Gasteiger partial charge in [0.2, 0.25) is 0 Å². The maximum atomic E-state index is 12.0. The van der Waals surface area contributed by atoms with Crippen LogP contribution in [0.25, 0.3) is 0 Å². The first kappa shape index (κ1) is 19.1. The Balaban J connectivity index is 2.50. The summed E-state index contributed by atoms with van der Waals surface area (Å²) in [6.07, 6.45) is -1.34. The molecule has 6 nitrogen and oxygen atoms in total. The van der Waals surface area contributed by atoms with Crippen LogP contribution in [0.4, 0.5) is 0 Å². The van der Waals surface area contributed by atoms with Gasteiger partial charge < -0.3 is 20.3 Å². The highest BCUT2D eigenvalue weighted by Gasteiger charge is 2.27. The summed E-state index contributed by atoms with van der Waals surface area (Å²) in [5.74, 6) is -2.04. The van der Waals surface area contributed by atoms with Crippen molar-refractivity contribution in [2.75, 3.05) is 0 Å². The molecular formula is C17H25NO5. The zero-order chi connectivity index (χ0) is 17.5. The summed E-state index contributed by atoms with van der Waals surface area (Å²) >= 11 is 0. The Kier molecular flexibility index (Phi) is 7.19. The van der Waals surface area contributed by atoms with Crippen LogP contribution < -0.4 is 5.73 Å². The first-order valence-corrected chi connectivity index (χ1v) is 7.55. The van der Waals surface area contributed by atoms with Crippen molar-refractivity contribution in [2.45, 2.75) is 52.0 Å². The minimum atomic E-state index is -1.39. The number of aliphatic hydroxyl groups excluding tert-OH is 1. The monoisotopic (exact) mass is 323 g/mol. The van der Waals surface area contributed by atoms with E-state index in [0.29, 0.717) is 0 Å². The van der Waals surface area contributed by atoms with Crippen molar-refractivity contribution < 1.29 is 24.2 Å². The number of hydrogen-bond donors (Lipinski definition) is 2. The number of carbonyl (C=O) groups excluding carboxylic acids is 2. The minimum absolute atomic E-state index is 0.0172. The minimum Gasteiger partial charge on any atom is -0.460 e. The summed E-state index contributed by atoms with van der Waals surface area (Å²) < 4.78 is 10.3. The van der Waals surface area contributed by atoms with E-state index in [2.05, 4.69) is 0 Å². The molecule has 23 heavy (non-hydrogen) atoms. The Hall–Kier alpha value is -1.92. The average Bonchev–Trinajstić information content (AvgIpc) is 2.44. The topological polar surface area (TPSA) is 98.9 Å². The molecular weight excluding hydrogens is 298 g/mol. The van der Waals surface area contributed by atoms with Crippen LogP contribution >= 0.6 is 0 Å². The van der Waals surface area contributed by atoms with E-state index in [1.807, 2.05) is 30.3 Å². The lowest BCUT2D eigenvalue weighted by Gasteiger charge is -2.21. The van der Waals surface area contributed by atoms with Crippen molar-refractivity contribution in [1.29, 1.82) is 0 Å². The molecule has 0 amide bonds. The SMILES string of the molecule is CC(C)(C)OC(=O)CCC(C(=O)OCc1ccccc1)C(N)O. The van der Waals surface area contributed by atoms with Gasteiger partial charge in [0.25, 0.3) is 0 Å². The molecule has 0 fully saturated rings. The molecule has 0 radical (unpaired) electrons. The van der Waals surface area contributed by atoms with E-state index in [9.17, 15) is 14.7 Å². The zero-order valence-electron chi connectivity index (χ0n) is 13.8. The van der Waals surface area contributed by atoms with Gasteiger partial charge >= 0.3 is 11.9 Å². The summed E-state index contributed by atoms with van der Waals surface area (Å²) in [6, 6.07) is 9.17. The van der Waals surface area contributed by atoms with E-state index in [1.54, 1.807) is 20.8 Å². The highest BCUT2D eigenvalue weighted by atomic mass is 16.6. The van der Waals surface area contributed by atoms with Gasteiger partial charge in [-0.05, 0) is 32.8 Å². The molecule has 2 unspecified atom stereocenters. The largest absolute Gasteiger partial charge is 0.460 e. The van der Waals surface area contributed by atoms with Crippen LogP contribution in [0.3, 0.4) is 0 Å². The van der Waals surface area contributed by atoms with Gasteiger partial charge in [0.1, 0.15) is 18.4 Å². The zero-order valence-corrected chi connectivity index (χ0v) is 13.8. The van der Waals surface area contributed by atoms with Crippen molar-refractivity contribution in [3.8, 4) is 0 Å². The first-order chi connectivity index (χ1) is 10.7. The van der Waals surface area contributed by atoms with Crippen LogP contribution in [0.2, 0.25) is 0 Å². The van der Waals surface area contributed by atoms with Crippen LogP contribution in [0.1, 0.15) is 39.2 Å². The molecule has 0 saturated heterocycles. The third kappa shape index (κ3) is 7.76. The molecule has 2 atom stereocenters. The van der Waals surface area contributed by atoms with Crippen molar-refractivity contribution in [2.24, 2.45) is 11.7 Å². The Labute approximate surface area is 136 Å². The predicted molar refractivity (Wildman–Crippen MR) is 85.0 cm³/mol. The van der Waals surface area contributed by atoms with Crippen molar-refractivity contribution >= 4 is 11.9 Å². The maximum Gasteiger partial charge on any atom is 0.313 e. The van der Waals surface area contributed by atoms with E-state index in [1.165, 1.54) is 0 Å². The molecule has 1 aromatic rings. The number of carbonyl (C=O) groups is 2. The third-order valence-corrected chi connectivity index (χ3v) is 3.02. The fourth-order valence-electron chi connectivity index (χ4n) is 1.93. The maximum absolute atomic E-state index is 12.0. The quantitative estimate of drug-likeness (QED) is 0.586. The Morgan fingerprint density at radius 2 is 1.83 bits per heavy atom. The summed E-state index contributed by atoms with van der Waals surface area (Å²) in [5.41, 5.74) is 5.66. The van der Waals surface area contributed by atoms with Crippen LogP contribution in [-0.2, 0) is 25.7 Å². The normalized spacial score (nSPS) is 14.0. The van der Waals surface area contributed by atoms with Crippen molar-refractivity contribution in [3.05, 3.63) is 35.9 Å². The number of nitrogens with two attached hydrogens (primary N) is 1. The van der Waals surface area contributed by atoms with Crippen LogP contribution in [0, 0.1) is 5.92 Å². The molecule has 3 N–H and O–H groups in total. The summed E-state index contributed by atoms with van der Waals surface area (Å²) in [7, 11) is 0. The number of esters is 2. The molecule has 0 bridgehead atoms. The second-order valence-electron chi connectivity index (χ2n) is 6.32. The van der Waals surface area contributed by atoms with Crippen molar-refractivity contribution in [3.63, 3.8) is 0 Å². The number of benzene rings is 1. The molecule has 128 valence electrons. The lowest BCUT2D eigenvalue weighted by atomic mass is 10.0. The summed E-state index contributed by atoms with van der Waals surface area (Å²) in [4.78, 5) is 23.7. The van der Waals surface area contributed by atoms with E-state index < -0.39 is 29.7 Å². The van der Waals surface area contributed by atoms with Crippen molar-refractivity contribution in [1.82, 2.24) is 0 Å². The molecule has 0 aliphatic carbocycles. The second-order valence-corrected chi connectivity index (χ2v) is 6.32. The molecule has 0 aliphatic heterocycles. The van der Waals surface area contributed by atoms with Gasteiger partial charge in [-0.15, -0.1) is 0 Å². The van der Waals surface area contributed by atoms with Gasteiger partial charge in [-0.1, -0.05) is 30.3 Å². The lowest BCUT2D eigenvalue weighted by molar-refractivity contribution is -0.158. The number of hydrogen-bond acceptors (Lipinski definition) is 6. The second kappa shape index (κ2) is 8.64. The fourth-order valence-corrected chi connectivity index (χ4v) is 1.93. The highest BCUT2D eigenvalue weighted by molar-refractivity contribution is 5.75. The Morgan fingerprint density at radius 1 is 1.22 bits per heavy atom. The smallest absolute Gasteiger partial charge is 0.313 e. The molecule has 0 heterocycles. The Bertz CT molecular complexity index is 507. The Morgan fingerprint density at radius 3 is 2.35 bits per heavy atom. The molecule has 0 aliphatic rings. The molecule has 0 spiro atoms. The standard InChI is InChI=1S/C17H25NO5/c1-17(2,3)23-14(19)10-9-13(15(18)20)16(21)22-11-12-7-5-4-6-8-12/h4-8,13,15,20H,9-11,18H2,1-3H3. The number of aliphatic hydroxyl groups is 1. The average molecular weight is 323 g/mol. The van der Waals surface area contributed by atoms with Gasteiger partial charge in [0, 0.05) is 6.42 Å². The molecule has 0 aromatic heterocycles. The third-order valence-electron chi connectivity index (χ3n) is 3.02. The predicted octanol–water partition coefficient (Wildman–Crippen LogP) is 1.74. The van der Waals surface area contributed by atoms with E-state index in [0.717, 1.165) is 5.56 Å². The molecule has 1 rings (SSSR count). The first-order valence-electron chi connectivity index (χ1n) is 7.55. The number of rotatable bonds is 7. The molecule has 0 saturated carbocycles. The summed E-state index contributed by atoms with van der Waals surface area (Å²) in [5, 5.41) is 9.55. The van der Waals surface area contributed by atoms with Gasteiger partial charge in [0.15, 0.2) is 0 Å². The van der Waals surface area contributed by atoms with E-state index in [4.69, 9.17) is 15.2 Å².